The third-order valence-corrected chi connectivity index (χ3v) is 5.64. The molecule has 136 valence electrons. The van der Waals surface area contributed by atoms with Crippen LogP contribution in [-0.2, 0) is 6.54 Å². The fraction of sp³-hybridized carbons (Fsp3) is 0.368. The fourth-order valence-corrected chi connectivity index (χ4v) is 4.38. The zero-order chi connectivity index (χ0) is 18.1. The van der Waals surface area contributed by atoms with Gasteiger partial charge in [0.25, 0.3) is 5.56 Å². The van der Waals surface area contributed by atoms with E-state index in [1.807, 2.05) is 23.6 Å². The van der Waals surface area contributed by atoms with Crippen LogP contribution in [0.25, 0.3) is 4.96 Å². The van der Waals surface area contributed by atoms with Gasteiger partial charge in [-0.3, -0.25) is 14.1 Å². The van der Waals surface area contributed by atoms with Crippen molar-refractivity contribution in [3.63, 3.8) is 0 Å². The number of hydrogen-bond donors (Lipinski definition) is 0. The Bertz CT molecular complexity index is 982. The average molecular weight is 371 g/mol. The normalized spacial score (nSPS) is 17.7. The number of nitrogens with zero attached hydrogens (tertiary/aromatic N) is 3. The molecule has 1 aromatic carbocycles. The SMILES string of the molecule is COc1ccc(OC)c([C@H]2CCCN2Cc2cc(=O)n3ccsc3n2)c1. The van der Waals surface area contributed by atoms with E-state index < -0.39 is 0 Å². The molecule has 1 atom stereocenters. The van der Waals surface area contributed by atoms with Crippen LogP contribution in [0.15, 0.2) is 40.6 Å². The second kappa shape index (κ2) is 7.09. The first-order valence-electron chi connectivity index (χ1n) is 8.61. The van der Waals surface area contributed by atoms with E-state index in [0.717, 1.165) is 47.1 Å². The van der Waals surface area contributed by atoms with Crippen molar-refractivity contribution in [2.45, 2.75) is 25.4 Å². The third kappa shape index (κ3) is 3.08. The molecular weight excluding hydrogens is 350 g/mol. The van der Waals surface area contributed by atoms with Crippen molar-refractivity contribution in [2.24, 2.45) is 0 Å². The molecule has 2 aromatic heterocycles. The molecule has 0 spiro atoms. The molecule has 3 aromatic rings. The lowest BCUT2D eigenvalue weighted by Crippen LogP contribution is -2.25. The molecule has 7 heteroatoms. The second-order valence-electron chi connectivity index (χ2n) is 6.38. The molecule has 1 aliphatic heterocycles. The number of methoxy groups -OCH3 is 2. The maximum Gasteiger partial charge on any atom is 0.258 e. The zero-order valence-corrected chi connectivity index (χ0v) is 15.7. The van der Waals surface area contributed by atoms with Crippen molar-refractivity contribution in [3.05, 3.63) is 57.5 Å². The maximum absolute atomic E-state index is 12.2. The second-order valence-corrected chi connectivity index (χ2v) is 7.25. The number of hydrogen-bond acceptors (Lipinski definition) is 6. The smallest absolute Gasteiger partial charge is 0.258 e. The molecule has 1 fully saturated rings. The van der Waals surface area contributed by atoms with Gasteiger partial charge in [-0.05, 0) is 37.6 Å². The highest BCUT2D eigenvalue weighted by Gasteiger charge is 2.29. The molecule has 0 saturated carbocycles. The van der Waals surface area contributed by atoms with E-state index in [4.69, 9.17) is 9.47 Å². The van der Waals surface area contributed by atoms with E-state index in [2.05, 4.69) is 9.88 Å². The topological polar surface area (TPSA) is 56.1 Å². The van der Waals surface area contributed by atoms with Crippen molar-refractivity contribution >= 4 is 16.3 Å². The molecule has 0 amide bonds. The molecule has 0 bridgehead atoms. The van der Waals surface area contributed by atoms with E-state index in [9.17, 15) is 4.79 Å². The molecule has 1 saturated heterocycles. The molecule has 0 radical (unpaired) electrons. The number of thiazole rings is 1. The first-order chi connectivity index (χ1) is 12.7. The predicted molar refractivity (Wildman–Crippen MR) is 101 cm³/mol. The summed E-state index contributed by atoms with van der Waals surface area (Å²) in [4.78, 5) is 20.0. The molecule has 4 rings (SSSR count). The van der Waals surface area contributed by atoms with E-state index in [-0.39, 0.29) is 11.6 Å². The van der Waals surface area contributed by atoms with Gasteiger partial charge in [0.05, 0.1) is 19.9 Å². The highest BCUT2D eigenvalue weighted by Crippen LogP contribution is 2.39. The molecule has 1 aliphatic rings. The third-order valence-electron chi connectivity index (χ3n) is 4.88. The van der Waals surface area contributed by atoms with Gasteiger partial charge in [0, 0.05) is 35.8 Å². The Morgan fingerprint density at radius 3 is 2.96 bits per heavy atom. The van der Waals surface area contributed by atoms with Crippen molar-refractivity contribution in [2.75, 3.05) is 20.8 Å². The number of ether oxygens (including phenoxy) is 2. The van der Waals surface area contributed by atoms with Gasteiger partial charge in [-0.25, -0.2) is 4.98 Å². The summed E-state index contributed by atoms with van der Waals surface area (Å²) in [6.45, 7) is 1.62. The number of rotatable bonds is 5. The lowest BCUT2D eigenvalue weighted by Gasteiger charge is -2.26. The minimum Gasteiger partial charge on any atom is -0.497 e. The summed E-state index contributed by atoms with van der Waals surface area (Å²) in [6, 6.07) is 7.77. The largest absolute Gasteiger partial charge is 0.497 e. The summed E-state index contributed by atoms with van der Waals surface area (Å²) in [5.74, 6) is 1.69. The molecule has 0 aliphatic carbocycles. The first-order valence-corrected chi connectivity index (χ1v) is 9.49. The molecule has 0 N–H and O–H groups in total. The first kappa shape index (κ1) is 17.1. The highest BCUT2D eigenvalue weighted by atomic mass is 32.1. The van der Waals surface area contributed by atoms with Gasteiger partial charge in [0.2, 0.25) is 0 Å². The van der Waals surface area contributed by atoms with Gasteiger partial charge in [-0.1, -0.05) is 0 Å². The van der Waals surface area contributed by atoms with E-state index in [0.29, 0.717) is 6.54 Å². The Morgan fingerprint density at radius 2 is 2.15 bits per heavy atom. The Kier molecular flexibility index (Phi) is 4.65. The van der Waals surface area contributed by atoms with Crippen LogP contribution in [0.5, 0.6) is 11.5 Å². The number of likely N-dealkylation sites (tertiary alicyclic amines) is 1. The quantitative estimate of drug-likeness (QED) is 0.690. The van der Waals surface area contributed by atoms with Gasteiger partial charge in [-0.2, -0.15) is 0 Å². The van der Waals surface area contributed by atoms with Crippen molar-refractivity contribution in [3.8, 4) is 11.5 Å². The van der Waals surface area contributed by atoms with Crippen LogP contribution in [-0.4, -0.2) is 35.0 Å². The fourth-order valence-electron chi connectivity index (χ4n) is 3.64. The number of benzene rings is 1. The number of fused-ring (bicyclic) bond motifs is 1. The van der Waals surface area contributed by atoms with Crippen LogP contribution in [0, 0.1) is 0 Å². The summed E-state index contributed by atoms with van der Waals surface area (Å²) in [7, 11) is 3.36. The van der Waals surface area contributed by atoms with Crippen LogP contribution >= 0.6 is 11.3 Å². The Morgan fingerprint density at radius 1 is 1.27 bits per heavy atom. The maximum atomic E-state index is 12.2. The van der Waals surface area contributed by atoms with E-state index in [1.165, 1.54) is 11.3 Å². The Hall–Kier alpha value is -2.38. The summed E-state index contributed by atoms with van der Waals surface area (Å²) in [5.41, 5.74) is 1.91. The van der Waals surface area contributed by atoms with Crippen molar-refractivity contribution < 1.29 is 9.47 Å². The van der Waals surface area contributed by atoms with Gasteiger partial charge in [-0.15, -0.1) is 11.3 Å². The van der Waals surface area contributed by atoms with E-state index >= 15 is 0 Å². The molecular formula is C19H21N3O3S. The standard InChI is InChI=1S/C19H21N3O3S/c1-24-14-5-6-17(25-2)15(11-14)16-4-3-7-21(16)12-13-10-18(23)22-8-9-26-19(22)20-13/h5-6,8-11,16H,3-4,7,12H2,1-2H3/t16-/m1/s1. The van der Waals surface area contributed by atoms with Gasteiger partial charge < -0.3 is 9.47 Å². The molecule has 26 heavy (non-hydrogen) atoms. The van der Waals surface area contributed by atoms with Crippen molar-refractivity contribution in [1.29, 1.82) is 0 Å². The van der Waals surface area contributed by atoms with Gasteiger partial charge in [0.1, 0.15) is 11.5 Å². The Labute approximate surface area is 155 Å². The minimum absolute atomic E-state index is 0.0269. The summed E-state index contributed by atoms with van der Waals surface area (Å²) in [6.07, 6.45) is 3.91. The molecule has 6 nitrogen and oxygen atoms in total. The minimum atomic E-state index is -0.0269. The van der Waals surface area contributed by atoms with Crippen LogP contribution < -0.4 is 15.0 Å². The Balaban J connectivity index is 1.65. The molecule has 3 heterocycles. The number of aromatic nitrogens is 2. The van der Waals surface area contributed by atoms with Gasteiger partial charge in [0.15, 0.2) is 4.96 Å². The van der Waals surface area contributed by atoms with Gasteiger partial charge >= 0.3 is 0 Å². The van der Waals surface area contributed by atoms with E-state index in [1.54, 1.807) is 30.9 Å². The zero-order valence-electron chi connectivity index (χ0n) is 14.8. The summed E-state index contributed by atoms with van der Waals surface area (Å²) < 4.78 is 12.6. The summed E-state index contributed by atoms with van der Waals surface area (Å²) in [5, 5.41) is 1.88. The predicted octanol–water partition coefficient (Wildman–Crippen LogP) is 3.11. The monoisotopic (exact) mass is 371 g/mol. The van der Waals surface area contributed by atoms with Crippen LogP contribution in [0.1, 0.15) is 30.1 Å². The van der Waals surface area contributed by atoms with Crippen LogP contribution in [0.2, 0.25) is 0 Å². The molecule has 0 unspecified atom stereocenters. The van der Waals surface area contributed by atoms with Crippen LogP contribution in [0.3, 0.4) is 0 Å². The average Bonchev–Trinajstić information content (AvgIpc) is 3.30. The lowest BCUT2D eigenvalue weighted by molar-refractivity contribution is 0.239. The van der Waals surface area contributed by atoms with Crippen LogP contribution in [0.4, 0.5) is 0 Å². The van der Waals surface area contributed by atoms with Crippen molar-refractivity contribution in [1.82, 2.24) is 14.3 Å². The lowest BCUT2D eigenvalue weighted by atomic mass is 10.0. The highest BCUT2D eigenvalue weighted by molar-refractivity contribution is 7.15. The summed E-state index contributed by atoms with van der Waals surface area (Å²) >= 11 is 1.48.